The van der Waals surface area contributed by atoms with Gasteiger partial charge in [-0.3, -0.25) is 0 Å². The van der Waals surface area contributed by atoms with Gasteiger partial charge >= 0.3 is 0 Å². The predicted octanol–water partition coefficient (Wildman–Crippen LogP) is 3.91. The van der Waals surface area contributed by atoms with Gasteiger partial charge < -0.3 is 9.30 Å². The summed E-state index contributed by atoms with van der Waals surface area (Å²) >= 11 is 0. The van der Waals surface area contributed by atoms with Crippen LogP contribution < -0.4 is 4.74 Å². The maximum absolute atomic E-state index is 5.47. The SMILES string of the molecule is COc1ccccc1-c1cc2cn(Cn3nnc4ccccc43)ccc-2n1. The third kappa shape index (κ3) is 2.71. The summed E-state index contributed by atoms with van der Waals surface area (Å²) in [6.07, 6.45) is 4.09. The lowest BCUT2D eigenvalue weighted by atomic mass is 10.1. The van der Waals surface area contributed by atoms with Crippen molar-refractivity contribution in [3.8, 4) is 28.3 Å². The first-order chi connectivity index (χ1) is 13.3. The molecule has 2 aromatic carbocycles. The Morgan fingerprint density at radius 3 is 2.74 bits per heavy atom. The van der Waals surface area contributed by atoms with Crippen LogP contribution >= 0.6 is 0 Å². The molecule has 0 radical (unpaired) electrons. The molecule has 0 fully saturated rings. The molecule has 132 valence electrons. The van der Waals surface area contributed by atoms with E-state index in [1.807, 2.05) is 65.5 Å². The lowest BCUT2D eigenvalue weighted by Crippen LogP contribution is -2.09. The first kappa shape index (κ1) is 15.6. The summed E-state index contributed by atoms with van der Waals surface area (Å²) in [6, 6.07) is 20.0. The fraction of sp³-hybridized carbons (Fsp3) is 0.0952. The van der Waals surface area contributed by atoms with Crippen molar-refractivity contribution >= 4 is 11.0 Å². The van der Waals surface area contributed by atoms with Gasteiger partial charge in [0.25, 0.3) is 0 Å². The van der Waals surface area contributed by atoms with Crippen LogP contribution in [0.2, 0.25) is 0 Å². The first-order valence-electron chi connectivity index (χ1n) is 8.70. The number of para-hydroxylation sites is 2. The number of hydrogen-bond donors (Lipinski definition) is 0. The number of ether oxygens (including phenoxy) is 1. The highest BCUT2D eigenvalue weighted by Crippen LogP contribution is 2.33. The summed E-state index contributed by atoms with van der Waals surface area (Å²) < 4.78 is 9.43. The minimum absolute atomic E-state index is 0.589. The van der Waals surface area contributed by atoms with Crippen LogP contribution in [0.15, 0.2) is 73.1 Å². The average molecular weight is 355 g/mol. The van der Waals surface area contributed by atoms with Gasteiger partial charge in [-0.25, -0.2) is 9.67 Å². The molecule has 0 amide bonds. The van der Waals surface area contributed by atoms with E-state index in [9.17, 15) is 0 Å². The summed E-state index contributed by atoms with van der Waals surface area (Å²) in [7, 11) is 1.68. The van der Waals surface area contributed by atoms with Gasteiger partial charge in [0.15, 0.2) is 0 Å². The van der Waals surface area contributed by atoms with E-state index in [0.29, 0.717) is 6.67 Å². The molecule has 5 rings (SSSR count). The number of pyridine rings is 1. The lowest BCUT2D eigenvalue weighted by molar-refractivity contribution is 0.416. The second-order valence-electron chi connectivity index (χ2n) is 6.36. The zero-order valence-electron chi connectivity index (χ0n) is 14.8. The van der Waals surface area contributed by atoms with Gasteiger partial charge in [-0.1, -0.05) is 29.5 Å². The zero-order chi connectivity index (χ0) is 18.2. The fourth-order valence-electron chi connectivity index (χ4n) is 3.33. The van der Waals surface area contributed by atoms with E-state index in [4.69, 9.17) is 9.72 Å². The van der Waals surface area contributed by atoms with Crippen LogP contribution in [-0.4, -0.2) is 31.7 Å². The maximum atomic E-state index is 5.47. The quantitative estimate of drug-likeness (QED) is 0.490. The molecule has 0 saturated heterocycles. The highest BCUT2D eigenvalue weighted by molar-refractivity contribution is 5.76. The van der Waals surface area contributed by atoms with Crippen LogP contribution in [0.5, 0.6) is 5.75 Å². The zero-order valence-corrected chi connectivity index (χ0v) is 14.8. The second-order valence-corrected chi connectivity index (χ2v) is 6.36. The fourth-order valence-corrected chi connectivity index (χ4v) is 3.33. The van der Waals surface area contributed by atoms with Crippen LogP contribution in [0.1, 0.15) is 0 Å². The molecular formula is C21H17N5O. The predicted molar refractivity (Wildman–Crippen MR) is 104 cm³/mol. The van der Waals surface area contributed by atoms with Crippen molar-refractivity contribution in [2.75, 3.05) is 7.11 Å². The standard InChI is InChI=1S/C21H17N5O/c1-27-21-9-5-2-6-16(21)19-12-15-13-25(11-10-17(15)22-19)14-26-20-8-4-3-7-18(20)23-24-26/h2-13H,14H2,1H3. The molecule has 1 aromatic heterocycles. The van der Waals surface area contributed by atoms with Crippen molar-refractivity contribution in [3.63, 3.8) is 0 Å². The molecule has 2 aliphatic heterocycles. The van der Waals surface area contributed by atoms with E-state index in [1.165, 1.54) is 0 Å². The number of methoxy groups -OCH3 is 1. The molecule has 6 nitrogen and oxygen atoms in total. The third-order valence-corrected chi connectivity index (χ3v) is 4.66. The molecule has 0 aliphatic carbocycles. The Kier molecular flexibility index (Phi) is 3.60. The van der Waals surface area contributed by atoms with Crippen LogP contribution in [0.25, 0.3) is 33.5 Å². The van der Waals surface area contributed by atoms with Crippen molar-refractivity contribution in [1.29, 1.82) is 0 Å². The summed E-state index contributed by atoms with van der Waals surface area (Å²) in [5, 5.41) is 8.47. The van der Waals surface area contributed by atoms with E-state index in [-0.39, 0.29) is 0 Å². The number of rotatable bonds is 4. The Labute approximate surface area is 156 Å². The topological polar surface area (TPSA) is 57.8 Å². The number of benzene rings is 2. The molecule has 0 spiro atoms. The minimum Gasteiger partial charge on any atom is -0.496 e. The van der Waals surface area contributed by atoms with Crippen molar-refractivity contribution in [3.05, 3.63) is 73.1 Å². The Morgan fingerprint density at radius 1 is 0.963 bits per heavy atom. The van der Waals surface area contributed by atoms with Gasteiger partial charge in [0.1, 0.15) is 17.9 Å². The number of aromatic nitrogens is 5. The largest absolute Gasteiger partial charge is 0.496 e. The van der Waals surface area contributed by atoms with Gasteiger partial charge in [-0.05, 0) is 36.4 Å². The summed E-state index contributed by atoms with van der Waals surface area (Å²) in [5.41, 5.74) is 5.84. The minimum atomic E-state index is 0.589. The molecule has 0 atom stereocenters. The first-order valence-corrected chi connectivity index (χ1v) is 8.70. The van der Waals surface area contributed by atoms with E-state index in [1.54, 1.807) is 7.11 Å². The molecular weight excluding hydrogens is 338 g/mol. The Hall–Kier alpha value is -3.67. The van der Waals surface area contributed by atoms with Crippen LogP contribution in [-0.2, 0) is 6.67 Å². The molecule has 0 unspecified atom stereocenters. The van der Waals surface area contributed by atoms with Crippen molar-refractivity contribution in [2.45, 2.75) is 6.67 Å². The van der Waals surface area contributed by atoms with Crippen LogP contribution in [0.4, 0.5) is 0 Å². The van der Waals surface area contributed by atoms with Crippen molar-refractivity contribution in [2.24, 2.45) is 0 Å². The monoisotopic (exact) mass is 355 g/mol. The highest BCUT2D eigenvalue weighted by atomic mass is 16.5. The summed E-state index contributed by atoms with van der Waals surface area (Å²) in [5.74, 6) is 0.822. The molecule has 0 saturated carbocycles. The average Bonchev–Trinajstić information content (AvgIpc) is 3.32. The molecule has 3 heterocycles. The Morgan fingerprint density at radius 2 is 1.81 bits per heavy atom. The normalized spacial score (nSPS) is 11.3. The molecule has 0 bridgehead atoms. The smallest absolute Gasteiger partial charge is 0.128 e. The number of nitrogens with zero attached hydrogens (tertiary/aromatic N) is 5. The van der Waals surface area contributed by atoms with Gasteiger partial charge in [0.05, 0.1) is 24.0 Å². The number of hydrogen-bond acceptors (Lipinski definition) is 4. The van der Waals surface area contributed by atoms with E-state index in [2.05, 4.69) is 27.1 Å². The van der Waals surface area contributed by atoms with Gasteiger partial charge in [-0.2, -0.15) is 0 Å². The van der Waals surface area contributed by atoms with E-state index in [0.717, 1.165) is 39.3 Å². The molecule has 27 heavy (non-hydrogen) atoms. The molecule has 3 aromatic rings. The summed E-state index contributed by atoms with van der Waals surface area (Å²) in [6.45, 7) is 0.589. The number of fused-ring (bicyclic) bond motifs is 2. The Bertz CT molecular complexity index is 1210. The molecule has 2 aliphatic rings. The Balaban J connectivity index is 1.52. The van der Waals surface area contributed by atoms with Gasteiger partial charge in [0, 0.05) is 23.5 Å². The maximum Gasteiger partial charge on any atom is 0.128 e. The van der Waals surface area contributed by atoms with Gasteiger partial charge in [-0.15, -0.1) is 5.10 Å². The van der Waals surface area contributed by atoms with Crippen LogP contribution in [0, 0.1) is 0 Å². The van der Waals surface area contributed by atoms with E-state index >= 15 is 0 Å². The van der Waals surface area contributed by atoms with Gasteiger partial charge in [0.2, 0.25) is 0 Å². The van der Waals surface area contributed by atoms with Crippen molar-refractivity contribution < 1.29 is 4.74 Å². The lowest BCUT2D eigenvalue weighted by Gasteiger charge is -2.08. The highest BCUT2D eigenvalue weighted by Gasteiger charge is 2.14. The third-order valence-electron chi connectivity index (χ3n) is 4.66. The summed E-state index contributed by atoms with van der Waals surface area (Å²) in [4.78, 5) is 4.75. The molecule has 6 heteroatoms. The van der Waals surface area contributed by atoms with Crippen molar-refractivity contribution in [1.82, 2.24) is 24.5 Å². The van der Waals surface area contributed by atoms with E-state index < -0.39 is 0 Å². The molecule has 0 N–H and O–H groups in total. The second kappa shape index (κ2) is 6.25. The van der Waals surface area contributed by atoms with Crippen LogP contribution in [0.3, 0.4) is 0 Å².